The summed E-state index contributed by atoms with van der Waals surface area (Å²) in [7, 11) is 0. The first kappa shape index (κ1) is 17.9. The number of thioether (sulfide) groups is 1. The Hall–Kier alpha value is -1.41. The molecule has 2 rings (SSSR count). The second kappa shape index (κ2) is 6.24. The number of nitrogens with zero attached hydrogens (tertiary/aromatic N) is 3. The molecule has 1 N–H and O–H groups in total. The Morgan fingerprint density at radius 3 is 2.70 bits per heavy atom. The van der Waals surface area contributed by atoms with Crippen LogP contribution in [0.3, 0.4) is 0 Å². The van der Waals surface area contributed by atoms with E-state index in [1.807, 2.05) is 0 Å². The molecule has 23 heavy (non-hydrogen) atoms. The number of aromatic nitrogens is 1. The lowest BCUT2D eigenvalue weighted by Crippen LogP contribution is -2.48. The van der Waals surface area contributed by atoms with E-state index < -0.39 is 23.1 Å². The molecule has 1 aromatic rings. The molecule has 0 aliphatic carbocycles. The van der Waals surface area contributed by atoms with Gasteiger partial charge in [0, 0.05) is 21.8 Å². The fraction of sp³-hybridized carbons (Fsp3) is 0.400. The molecule has 0 fully saturated rings. The van der Waals surface area contributed by atoms with Crippen molar-refractivity contribution in [3.05, 3.63) is 39.7 Å². The highest BCUT2D eigenvalue weighted by atomic mass is 79.9. The molecule has 0 unspecified atom stereocenters. The number of pyridine rings is 1. The van der Waals surface area contributed by atoms with Crippen molar-refractivity contribution in [3.8, 4) is 0 Å². The van der Waals surface area contributed by atoms with E-state index in [2.05, 4.69) is 25.9 Å². The van der Waals surface area contributed by atoms with Crippen LogP contribution in [0.5, 0.6) is 0 Å². The summed E-state index contributed by atoms with van der Waals surface area (Å²) in [6.45, 7) is 7.06. The van der Waals surface area contributed by atoms with E-state index in [0.717, 1.165) is 0 Å². The molecule has 0 saturated carbocycles. The van der Waals surface area contributed by atoms with E-state index in [0.29, 0.717) is 9.64 Å². The van der Waals surface area contributed by atoms with Gasteiger partial charge in [-0.1, -0.05) is 11.8 Å². The number of carbonyl (C=O) groups is 1. The first-order valence-electron chi connectivity index (χ1n) is 6.83. The second-order valence-corrected chi connectivity index (χ2v) is 8.03. The molecule has 1 atom stereocenters. The van der Waals surface area contributed by atoms with Crippen LogP contribution in [0.25, 0.3) is 0 Å². The van der Waals surface area contributed by atoms with Crippen molar-refractivity contribution < 1.29 is 14.3 Å². The van der Waals surface area contributed by atoms with Crippen molar-refractivity contribution >= 4 is 39.0 Å². The van der Waals surface area contributed by atoms with Gasteiger partial charge >= 0.3 is 6.09 Å². The highest BCUT2D eigenvalue weighted by Gasteiger charge is 2.36. The van der Waals surface area contributed by atoms with Crippen molar-refractivity contribution in [2.24, 2.45) is 4.99 Å². The topological polar surface area (TPSA) is 65.8 Å². The first-order chi connectivity index (χ1) is 10.5. The summed E-state index contributed by atoms with van der Waals surface area (Å²) in [4.78, 5) is 21.0. The summed E-state index contributed by atoms with van der Waals surface area (Å²) in [5.41, 5.74) is -1.42. The van der Waals surface area contributed by atoms with Crippen LogP contribution in [0.2, 0.25) is 0 Å². The molecule has 1 aliphatic heterocycles. The zero-order valence-electron chi connectivity index (χ0n) is 13.2. The van der Waals surface area contributed by atoms with Gasteiger partial charge in [-0.25, -0.2) is 14.8 Å². The fourth-order valence-electron chi connectivity index (χ4n) is 2.18. The molecule has 0 saturated heterocycles. The number of halogens is 2. The minimum absolute atomic E-state index is 0.278. The predicted octanol–water partition coefficient (Wildman–Crippen LogP) is 4.59. The molecule has 0 bridgehead atoms. The van der Waals surface area contributed by atoms with Gasteiger partial charge in [-0.05, 0) is 61.2 Å². The molecule has 8 heteroatoms. The van der Waals surface area contributed by atoms with Crippen LogP contribution in [-0.4, -0.2) is 31.8 Å². The average molecular weight is 402 g/mol. The second-order valence-electron chi connectivity index (χ2n) is 6.24. The molecular formula is C15H17BrFN3O2S. The van der Waals surface area contributed by atoms with Gasteiger partial charge in [0.1, 0.15) is 5.54 Å². The fourth-order valence-corrected chi connectivity index (χ4v) is 3.66. The van der Waals surface area contributed by atoms with Gasteiger partial charge in [0.15, 0.2) is 5.17 Å². The number of carboxylic acid groups (broad SMARTS) is 1. The average Bonchev–Trinajstić information content (AvgIpc) is 2.39. The van der Waals surface area contributed by atoms with Crippen LogP contribution >= 0.6 is 27.7 Å². The zero-order chi connectivity index (χ0) is 17.4. The highest BCUT2D eigenvalue weighted by molar-refractivity contribution is 9.10. The number of amidine groups is 1. The van der Waals surface area contributed by atoms with Crippen molar-refractivity contribution in [2.45, 2.75) is 38.8 Å². The van der Waals surface area contributed by atoms with E-state index in [1.54, 1.807) is 45.2 Å². The summed E-state index contributed by atoms with van der Waals surface area (Å²) < 4.78 is 14.8. The Balaban J connectivity index is 2.54. The molecule has 0 aromatic carbocycles. The van der Waals surface area contributed by atoms with Gasteiger partial charge in [0.2, 0.25) is 5.95 Å². The quantitative estimate of drug-likeness (QED) is 0.698. The maximum absolute atomic E-state index is 14.1. The van der Waals surface area contributed by atoms with Gasteiger partial charge in [0.05, 0.1) is 0 Å². The summed E-state index contributed by atoms with van der Waals surface area (Å²) in [5.74, 6) is -0.631. The number of amides is 1. The highest BCUT2D eigenvalue weighted by Crippen LogP contribution is 2.37. The lowest BCUT2D eigenvalue weighted by atomic mass is 9.94. The van der Waals surface area contributed by atoms with E-state index >= 15 is 0 Å². The van der Waals surface area contributed by atoms with Crippen LogP contribution in [0.4, 0.5) is 9.18 Å². The van der Waals surface area contributed by atoms with Gasteiger partial charge in [-0.3, -0.25) is 4.90 Å². The summed E-state index contributed by atoms with van der Waals surface area (Å²) >= 11 is 4.47. The molecule has 1 amide bonds. The van der Waals surface area contributed by atoms with Crippen molar-refractivity contribution in [1.82, 2.24) is 9.88 Å². The molecule has 124 valence electrons. The first-order valence-corrected chi connectivity index (χ1v) is 8.51. The van der Waals surface area contributed by atoms with Gasteiger partial charge in [-0.2, -0.15) is 4.39 Å². The third-order valence-electron chi connectivity index (χ3n) is 3.30. The normalized spacial score (nSPS) is 21.0. The summed E-state index contributed by atoms with van der Waals surface area (Å²) in [6, 6.07) is 1.60. The largest absolute Gasteiger partial charge is 0.465 e. The van der Waals surface area contributed by atoms with Crippen LogP contribution < -0.4 is 0 Å². The third-order valence-corrected chi connectivity index (χ3v) is 4.49. The minimum Gasteiger partial charge on any atom is -0.465 e. The molecule has 1 aliphatic rings. The third kappa shape index (κ3) is 3.74. The van der Waals surface area contributed by atoms with Crippen LogP contribution in [-0.2, 0) is 5.54 Å². The van der Waals surface area contributed by atoms with E-state index in [1.165, 1.54) is 22.9 Å². The maximum Gasteiger partial charge on any atom is 0.413 e. The Morgan fingerprint density at radius 1 is 1.48 bits per heavy atom. The number of rotatable bonds is 1. The Kier molecular flexibility index (Phi) is 4.86. The van der Waals surface area contributed by atoms with Crippen molar-refractivity contribution in [1.29, 1.82) is 0 Å². The molecule has 2 heterocycles. The molecule has 0 spiro atoms. The number of aliphatic imine (C=N–C) groups is 1. The lowest BCUT2D eigenvalue weighted by molar-refractivity contribution is 0.142. The van der Waals surface area contributed by atoms with Gasteiger partial charge in [-0.15, -0.1) is 0 Å². The summed E-state index contributed by atoms with van der Waals surface area (Å²) in [6.07, 6.45) is 2.00. The molecule has 1 aromatic heterocycles. The Morgan fingerprint density at radius 2 is 2.13 bits per heavy atom. The van der Waals surface area contributed by atoms with Gasteiger partial charge < -0.3 is 5.11 Å². The van der Waals surface area contributed by atoms with Gasteiger partial charge in [0.25, 0.3) is 0 Å². The molecule has 5 nitrogen and oxygen atoms in total. The summed E-state index contributed by atoms with van der Waals surface area (Å²) in [5, 5.41) is 11.5. The number of hydrogen-bond donors (Lipinski definition) is 1. The SMILES string of the molecule is CC(C)(C)N(C(=O)O)C1=N[C@](C)(c2cc(Br)cnc2F)C=CS1. The maximum atomic E-state index is 14.1. The van der Waals surface area contributed by atoms with Crippen molar-refractivity contribution in [2.75, 3.05) is 0 Å². The minimum atomic E-state index is -1.10. The standard InChI is InChI=1S/C15H17BrFN3O2S/c1-14(2,3)20(13(21)22)12-19-15(4,5-6-23-12)10-7-9(16)8-18-11(10)17/h5-8H,1-4H3,(H,21,22)/t15-/m0/s1. The smallest absolute Gasteiger partial charge is 0.413 e. The monoisotopic (exact) mass is 401 g/mol. The van der Waals surface area contributed by atoms with Crippen molar-refractivity contribution in [3.63, 3.8) is 0 Å². The Labute approximate surface area is 146 Å². The van der Waals surface area contributed by atoms with E-state index in [9.17, 15) is 14.3 Å². The predicted molar refractivity (Wildman–Crippen MR) is 93.0 cm³/mol. The molecular weight excluding hydrogens is 385 g/mol. The van der Waals surface area contributed by atoms with E-state index in [4.69, 9.17) is 0 Å². The number of hydrogen-bond acceptors (Lipinski definition) is 4. The van der Waals surface area contributed by atoms with Crippen LogP contribution in [0.1, 0.15) is 33.3 Å². The van der Waals surface area contributed by atoms with E-state index in [-0.39, 0.29) is 5.56 Å². The lowest BCUT2D eigenvalue weighted by Gasteiger charge is -2.36. The van der Waals surface area contributed by atoms with Crippen LogP contribution in [0, 0.1) is 5.95 Å². The van der Waals surface area contributed by atoms with Crippen LogP contribution in [0.15, 0.2) is 33.2 Å². The Bertz CT molecular complexity index is 702. The molecule has 0 radical (unpaired) electrons. The zero-order valence-corrected chi connectivity index (χ0v) is 15.6.